The number of hydrogen-bond donors (Lipinski definition) is 1. The molecule has 154 valence electrons. The van der Waals surface area contributed by atoms with Gasteiger partial charge >= 0.3 is 0 Å². The predicted molar refractivity (Wildman–Crippen MR) is 107 cm³/mol. The highest BCUT2D eigenvalue weighted by atomic mass is 16.6. The van der Waals surface area contributed by atoms with Gasteiger partial charge in [-0.15, -0.1) is 0 Å². The molecule has 0 saturated carbocycles. The molecule has 2 atom stereocenters. The Labute approximate surface area is 169 Å². The van der Waals surface area contributed by atoms with Crippen LogP contribution in [0.5, 0.6) is 11.5 Å². The summed E-state index contributed by atoms with van der Waals surface area (Å²) in [5.41, 5.74) is 0.940. The van der Waals surface area contributed by atoms with Crippen molar-refractivity contribution in [1.29, 1.82) is 0 Å². The average Bonchev–Trinajstić information content (AvgIpc) is 2.94. The first kappa shape index (κ1) is 18.6. The highest BCUT2D eigenvalue weighted by Gasteiger charge is 2.47. The van der Waals surface area contributed by atoms with Crippen LogP contribution in [0.3, 0.4) is 0 Å². The lowest BCUT2D eigenvalue weighted by atomic mass is 9.85. The maximum absolute atomic E-state index is 12.1. The molecule has 1 aromatic carbocycles. The highest BCUT2D eigenvalue weighted by Crippen LogP contribution is 2.42. The zero-order valence-corrected chi connectivity index (χ0v) is 16.7. The molecule has 29 heavy (non-hydrogen) atoms. The van der Waals surface area contributed by atoms with Gasteiger partial charge in [-0.2, -0.15) is 5.10 Å². The number of rotatable bonds is 4. The summed E-state index contributed by atoms with van der Waals surface area (Å²) >= 11 is 0. The summed E-state index contributed by atoms with van der Waals surface area (Å²) in [5.74, 6) is 1.63. The standard InChI is InChI=1S/C22H27N3O4/c1-15-2-7-21(26)25(23-15)14-22(27)11-17-4-5-18(12-22)24(17)13-16-3-6-19-20(10-16)29-9-8-28-19/h2-3,6-7,10,17-18,27H,4-5,8-9,11-14H2,1H3. The summed E-state index contributed by atoms with van der Waals surface area (Å²) < 4.78 is 12.8. The van der Waals surface area contributed by atoms with E-state index in [4.69, 9.17) is 9.47 Å². The third-order valence-corrected chi connectivity index (χ3v) is 6.42. The molecule has 0 amide bonds. The highest BCUT2D eigenvalue weighted by molar-refractivity contribution is 5.43. The molecule has 2 bridgehead atoms. The summed E-state index contributed by atoms with van der Waals surface area (Å²) in [5, 5.41) is 15.6. The lowest BCUT2D eigenvalue weighted by Gasteiger charge is -2.44. The van der Waals surface area contributed by atoms with Gasteiger partial charge in [0.25, 0.3) is 5.56 Å². The van der Waals surface area contributed by atoms with Crippen molar-refractivity contribution in [3.63, 3.8) is 0 Å². The van der Waals surface area contributed by atoms with Gasteiger partial charge in [0.15, 0.2) is 11.5 Å². The predicted octanol–water partition coefficient (Wildman–Crippen LogP) is 1.88. The number of ether oxygens (including phenoxy) is 2. The third-order valence-electron chi connectivity index (χ3n) is 6.42. The van der Waals surface area contributed by atoms with Gasteiger partial charge in [-0.25, -0.2) is 4.68 Å². The van der Waals surface area contributed by atoms with Crippen molar-refractivity contribution in [3.05, 3.63) is 51.9 Å². The van der Waals surface area contributed by atoms with Gasteiger partial charge in [0.1, 0.15) is 13.2 Å². The maximum Gasteiger partial charge on any atom is 0.266 e. The summed E-state index contributed by atoms with van der Waals surface area (Å²) in [6.45, 7) is 4.15. The minimum atomic E-state index is -0.889. The van der Waals surface area contributed by atoms with E-state index in [0.717, 1.165) is 36.6 Å². The van der Waals surface area contributed by atoms with Crippen LogP contribution in [0.15, 0.2) is 35.1 Å². The molecule has 0 spiro atoms. The van der Waals surface area contributed by atoms with Crippen molar-refractivity contribution in [3.8, 4) is 11.5 Å². The normalized spacial score (nSPS) is 28.5. The summed E-state index contributed by atoms with van der Waals surface area (Å²) in [6.07, 6.45) is 3.48. The van der Waals surface area contributed by atoms with Crippen LogP contribution < -0.4 is 15.0 Å². The van der Waals surface area contributed by atoms with Crippen LogP contribution in [0, 0.1) is 6.92 Å². The SMILES string of the molecule is Cc1ccc(=O)n(CC2(O)CC3CCC(C2)N3Cc2ccc3c(c2)OCCO3)n1. The van der Waals surface area contributed by atoms with Gasteiger partial charge in [0.05, 0.1) is 17.8 Å². The summed E-state index contributed by atoms with van der Waals surface area (Å²) in [4.78, 5) is 14.7. The van der Waals surface area contributed by atoms with E-state index >= 15 is 0 Å². The second-order valence-corrected chi connectivity index (χ2v) is 8.64. The molecule has 1 N–H and O–H groups in total. The van der Waals surface area contributed by atoms with Crippen molar-refractivity contribution >= 4 is 0 Å². The number of piperidine rings is 1. The van der Waals surface area contributed by atoms with Crippen molar-refractivity contribution in [1.82, 2.24) is 14.7 Å². The van der Waals surface area contributed by atoms with Gasteiger partial charge in [-0.3, -0.25) is 9.69 Å². The fraction of sp³-hybridized carbons (Fsp3) is 0.545. The van der Waals surface area contributed by atoms with Gasteiger partial charge in [-0.1, -0.05) is 6.07 Å². The van der Waals surface area contributed by atoms with Crippen LogP contribution in [0.4, 0.5) is 0 Å². The molecule has 2 saturated heterocycles. The molecular weight excluding hydrogens is 370 g/mol. The lowest BCUT2D eigenvalue weighted by molar-refractivity contribution is -0.0678. The number of nitrogens with zero attached hydrogens (tertiary/aromatic N) is 3. The van der Waals surface area contributed by atoms with Crippen molar-refractivity contribution in [2.45, 2.75) is 63.4 Å². The zero-order valence-electron chi connectivity index (χ0n) is 16.7. The van der Waals surface area contributed by atoms with Crippen molar-refractivity contribution in [2.24, 2.45) is 0 Å². The Bertz CT molecular complexity index is 959. The molecule has 2 aromatic rings. The zero-order chi connectivity index (χ0) is 20.0. The molecule has 1 aromatic heterocycles. The van der Waals surface area contributed by atoms with Crippen LogP contribution in [-0.4, -0.2) is 50.7 Å². The fourth-order valence-corrected chi connectivity index (χ4v) is 5.14. The van der Waals surface area contributed by atoms with Gasteiger partial charge in [0.2, 0.25) is 0 Å². The van der Waals surface area contributed by atoms with E-state index in [1.165, 1.54) is 16.3 Å². The molecule has 2 unspecified atom stereocenters. The van der Waals surface area contributed by atoms with Gasteiger partial charge < -0.3 is 14.6 Å². The van der Waals surface area contributed by atoms with E-state index in [2.05, 4.69) is 22.1 Å². The van der Waals surface area contributed by atoms with E-state index < -0.39 is 5.60 Å². The van der Waals surface area contributed by atoms with E-state index in [-0.39, 0.29) is 12.1 Å². The molecule has 5 rings (SSSR count). The number of benzene rings is 1. The Hall–Kier alpha value is -2.38. The number of aryl methyl sites for hydroxylation is 1. The minimum Gasteiger partial charge on any atom is -0.486 e. The Balaban J connectivity index is 1.31. The first-order valence-electron chi connectivity index (χ1n) is 10.4. The number of aliphatic hydroxyl groups is 1. The summed E-state index contributed by atoms with van der Waals surface area (Å²) in [6, 6.07) is 10.0. The molecule has 7 nitrogen and oxygen atoms in total. The van der Waals surface area contributed by atoms with Crippen LogP contribution in [0.1, 0.15) is 36.9 Å². The largest absolute Gasteiger partial charge is 0.486 e. The molecule has 3 aliphatic rings. The van der Waals surface area contributed by atoms with Crippen LogP contribution >= 0.6 is 0 Å². The fourth-order valence-electron chi connectivity index (χ4n) is 5.14. The Morgan fingerprint density at radius 1 is 1.10 bits per heavy atom. The number of fused-ring (bicyclic) bond motifs is 3. The number of hydrogen-bond acceptors (Lipinski definition) is 6. The first-order valence-corrected chi connectivity index (χ1v) is 10.4. The topological polar surface area (TPSA) is 76.8 Å². The Morgan fingerprint density at radius 3 is 2.59 bits per heavy atom. The molecule has 7 heteroatoms. The van der Waals surface area contributed by atoms with E-state index in [0.29, 0.717) is 38.1 Å². The first-order chi connectivity index (χ1) is 14.0. The molecule has 2 fully saturated rings. The van der Waals surface area contributed by atoms with Crippen LogP contribution in [0.2, 0.25) is 0 Å². The average molecular weight is 397 g/mol. The van der Waals surface area contributed by atoms with E-state index in [1.807, 2.05) is 13.0 Å². The smallest absolute Gasteiger partial charge is 0.266 e. The van der Waals surface area contributed by atoms with Gasteiger partial charge in [0, 0.05) is 24.7 Å². The molecule has 4 heterocycles. The van der Waals surface area contributed by atoms with Crippen molar-refractivity contribution < 1.29 is 14.6 Å². The minimum absolute atomic E-state index is 0.157. The summed E-state index contributed by atoms with van der Waals surface area (Å²) in [7, 11) is 0. The molecule has 0 aliphatic carbocycles. The number of aromatic nitrogens is 2. The lowest BCUT2D eigenvalue weighted by Crippen LogP contribution is -2.53. The third kappa shape index (κ3) is 3.65. The van der Waals surface area contributed by atoms with E-state index in [9.17, 15) is 9.90 Å². The molecule has 0 radical (unpaired) electrons. The van der Waals surface area contributed by atoms with E-state index in [1.54, 1.807) is 6.07 Å². The molecule has 3 aliphatic heterocycles. The van der Waals surface area contributed by atoms with Gasteiger partial charge in [-0.05, 0) is 56.4 Å². The Morgan fingerprint density at radius 2 is 1.83 bits per heavy atom. The second-order valence-electron chi connectivity index (χ2n) is 8.64. The van der Waals surface area contributed by atoms with Crippen molar-refractivity contribution in [2.75, 3.05) is 13.2 Å². The van der Waals surface area contributed by atoms with Crippen LogP contribution in [-0.2, 0) is 13.1 Å². The quantitative estimate of drug-likeness (QED) is 0.849. The molecular formula is C22H27N3O4. The maximum atomic E-state index is 12.1. The second kappa shape index (κ2) is 7.15. The van der Waals surface area contributed by atoms with Crippen LogP contribution in [0.25, 0.3) is 0 Å². The Kier molecular flexibility index (Phi) is 4.59. The monoisotopic (exact) mass is 397 g/mol.